The summed E-state index contributed by atoms with van der Waals surface area (Å²) in [5.41, 5.74) is 1.98. The second-order valence-corrected chi connectivity index (χ2v) is 9.37. The highest BCUT2D eigenvalue weighted by atomic mass is 16.5. The average Bonchev–Trinajstić information content (AvgIpc) is 3.03. The number of nitrogens with one attached hydrogen (secondary N) is 2. The maximum absolute atomic E-state index is 13.2. The molecular weight excluding hydrogens is 544 g/mol. The summed E-state index contributed by atoms with van der Waals surface area (Å²) < 4.78 is 11.7. The van der Waals surface area contributed by atoms with Crippen molar-refractivity contribution in [1.29, 1.82) is 0 Å². The van der Waals surface area contributed by atoms with Crippen molar-refractivity contribution in [2.75, 3.05) is 23.8 Å². The van der Waals surface area contributed by atoms with Crippen LogP contribution in [0.3, 0.4) is 0 Å². The molecule has 0 aliphatic heterocycles. The number of hydrogen-bond donors (Lipinski definition) is 3. The van der Waals surface area contributed by atoms with Gasteiger partial charge in [0, 0.05) is 28.8 Å². The summed E-state index contributed by atoms with van der Waals surface area (Å²) in [6, 6.07) is 29.9. The van der Waals surface area contributed by atoms with Crippen LogP contribution < -0.4 is 20.1 Å². The number of ether oxygens (including phenoxy) is 2. The number of nitrogens with zero attached hydrogens (tertiary/aromatic N) is 2. The molecule has 0 heterocycles. The molecule has 5 aromatic carbocycles. The topological polar surface area (TPSA) is 122 Å². The number of aromatic hydroxyl groups is 1. The lowest BCUT2D eigenvalue weighted by atomic mass is 10.0. The van der Waals surface area contributed by atoms with Gasteiger partial charge in [0.05, 0.1) is 24.5 Å². The Bertz CT molecular complexity index is 1760. The van der Waals surface area contributed by atoms with Gasteiger partial charge in [-0.05, 0) is 49.6 Å². The van der Waals surface area contributed by atoms with Gasteiger partial charge in [-0.1, -0.05) is 60.7 Å². The van der Waals surface area contributed by atoms with Crippen LogP contribution in [0.5, 0.6) is 17.2 Å². The molecule has 0 bridgehead atoms. The normalized spacial score (nSPS) is 10.9. The minimum atomic E-state index is -0.485. The lowest BCUT2D eigenvalue weighted by Crippen LogP contribution is -2.14. The molecule has 9 nitrogen and oxygen atoms in total. The quantitative estimate of drug-likeness (QED) is 0.145. The van der Waals surface area contributed by atoms with E-state index in [2.05, 4.69) is 20.9 Å². The first-order valence-electron chi connectivity index (χ1n) is 13.8. The molecule has 216 valence electrons. The number of azo groups is 1. The largest absolute Gasteiger partial charge is 0.505 e. The monoisotopic (exact) mass is 574 g/mol. The summed E-state index contributed by atoms with van der Waals surface area (Å²) in [4.78, 5) is 26.1. The Morgan fingerprint density at radius 3 is 1.98 bits per heavy atom. The van der Waals surface area contributed by atoms with Crippen molar-refractivity contribution in [3.8, 4) is 17.2 Å². The zero-order valence-corrected chi connectivity index (χ0v) is 23.7. The van der Waals surface area contributed by atoms with Gasteiger partial charge >= 0.3 is 0 Å². The number of fused-ring (bicyclic) bond motifs is 1. The Morgan fingerprint density at radius 1 is 0.721 bits per heavy atom. The van der Waals surface area contributed by atoms with Crippen LogP contribution in [0.1, 0.15) is 34.6 Å². The van der Waals surface area contributed by atoms with Gasteiger partial charge in [-0.2, -0.15) is 5.11 Å². The molecule has 0 radical (unpaired) electrons. The second-order valence-electron chi connectivity index (χ2n) is 9.37. The van der Waals surface area contributed by atoms with Crippen LogP contribution in [-0.4, -0.2) is 30.1 Å². The SMILES string of the molecule is CCOc1cc(N=Nc2c(O)c(C(=O)Nc3ccccc3)cc3ccccc23)cc(OCC)c1NC(=O)c1ccccc1. The number of hydrogen-bond acceptors (Lipinski definition) is 7. The van der Waals surface area contributed by atoms with E-state index in [1.807, 2.05) is 44.2 Å². The smallest absolute Gasteiger partial charge is 0.259 e. The van der Waals surface area contributed by atoms with Gasteiger partial charge in [-0.15, -0.1) is 5.11 Å². The van der Waals surface area contributed by atoms with Crippen LogP contribution in [0.25, 0.3) is 10.8 Å². The number of para-hydroxylation sites is 1. The van der Waals surface area contributed by atoms with Crippen molar-refractivity contribution in [2.45, 2.75) is 13.8 Å². The molecule has 0 atom stereocenters. The number of carbonyl (C=O) groups excluding carboxylic acids is 2. The van der Waals surface area contributed by atoms with E-state index in [0.29, 0.717) is 58.1 Å². The molecule has 0 saturated carbocycles. The van der Waals surface area contributed by atoms with Crippen LogP contribution in [0.4, 0.5) is 22.7 Å². The van der Waals surface area contributed by atoms with Crippen LogP contribution in [0.2, 0.25) is 0 Å². The van der Waals surface area contributed by atoms with Crippen molar-refractivity contribution in [1.82, 2.24) is 0 Å². The fourth-order valence-corrected chi connectivity index (χ4v) is 4.49. The summed E-state index contributed by atoms with van der Waals surface area (Å²) in [7, 11) is 0. The number of carbonyl (C=O) groups is 2. The number of rotatable bonds is 10. The predicted molar refractivity (Wildman–Crippen MR) is 167 cm³/mol. The third kappa shape index (κ3) is 6.62. The maximum atomic E-state index is 13.2. The lowest BCUT2D eigenvalue weighted by molar-refractivity contribution is 0.101. The molecule has 0 spiro atoms. The highest BCUT2D eigenvalue weighted by molar-refractivity contribution is 6.11. The van der Waals surface area contributed by atoms with E-state index in [9.17, 15) is 14.7 Å². The lowest BCUT2D eigenvalue weighted by Gasteiger charge is -2.17. The fourth-order valence-electron chi connectivity index (χ4n) is 4.49. The van der Waals surface area contributed by atoms with Gasteiger partial charge in [0.25, 0.3) is 11.8 Å². The maximum Gasteiger partial charge on any atom is 0.259 e. The molecule has 0 aliphatic carbocycles. The van der Waals surface area contributed by atoms with Crippen molar-refractivity contribution < 1.29 is 24.2 Å². The number of benzene rings is 5. The fraction of sp³-hybridized carbons (Fsp3) is 0.118. The zero-order valence-electron chi connectivity index (χ0n) is 23.7. The standard InChI is InChI=1S/C34H30N4O5/c1-3-42-28-20-25(21-29(43-4-2)31(28)36-33(40)22-13-7-5-8-14-22)37-38-30-26-18-12-11-15-23(26)19-27(32(30)39)34(41)35-24-16-9-6-10-17-24/h5-21,39H,3-4H2,1-2H3,(H,35,41)(H,36,40). The Hall–Kier alpha value is -5.70. The summed E-state index contributed by atoms with van der Waals surface area (Å²) in [6.45, 7) is 4.30. The van der Waals surface area contributed by atoms with Crippen LogP contribution in [0.15, 0.2) is 113 Å². The molecule has 43 heavy (non-hydrogen) atoms. The second kappa shape index (κ2) is 13.3. The Balaban J connectivity index is 1.54. The van der Waals surface area contributed by atoms with E-state index in [-0.39, 0.29) is 22.9 Å². The van der Waals surface area contributed by atoms with Crippen molar-refractivity contribution in [2.24, 2.45) is 10.2 Å². The van der Waals surface area contributed by atoms with E-state index < -0.39 is 5.91 Å². The third-order valence-corrected chi connectivity index (χ3v) is 6.46. The molecule has 0 unspecified atom stereocenters. The number of phenols is 1. The molecule has 0 aliphatic rings. The first-order chi connectivity index (χ1) is 21.0. The Labute approximate surface area is 248 Å². The molecule has 3 N–H and O–H groups in total. The summed E-state index contributed by atoms with van der Waals surface area (Å²) in [6.07, 6.45) is 0. The van der Waals surface area contributed by atoms with Crippen molar-refractivity contribution in [3.63, 3.8) is 0 Å². The molecule has 5 rings (SSSR count). The van der Waals surface area contributed by atoms with E-state index in [4.69, 9.17) is 9.47 Å². The molecular formula is C34H30N4O5. The highest BCUT2D eigenvalue weighted by Crippen LogP contribution is 2.43. The van der Waals surface area contributed by atoms with E-state index in [0.717, 1.165) is 0 Å². The van der Waals surface area contributed by atoms with Crippen LogP contribution >= 0.6 is 0 Å². The Morgan fingerprint density at radius 2 is 1.33 bits per heavy atom. The summed E-state index contributed by atoms with van der Waals surface area (Å²) in [5.74, 6) is -0.424. The van der Waals surface area contributed by atoms with Crippen LogP contribution in [0, 0.1) is 0 Å². The first kappa shape index (κ1) is 28.8. The summed E-state index contributed by atoms with van der Waals surface area (Å²) >= 11 is 0. The van der Waals surface area contributed by atoms with Gasteiger partial charge in [0.15, 0.2) is 5.75 Å². The van der Waals surface area contributed by atoms with E-state index in [1.165, 1.54) is 0 Å². The van der Waals surface area contributed by atoms with Gasteiger partial charge < -0.3 is 25.2 Å². The minimum Gasteiger partial charge on any atom is -0.505 e. The molecule has 0 saturated heterocycles. The third-order valence-electron chi connectivity index (χ3n) is 6.46. The van der Waals surface area contributed by atoms with Crippen LogP contribution in [-0.2, 0) is 0 Å². The number of amides is 2. The zero-order chi connectivity index (χ0) is 30.2. The van der Waals surface area contributed by atoms with Gasteiger partial charge in [-0.3, -0.25) is 9.59 Å². The predicted octanol–water partition coefficient (Wildman–Crippen LogP) is 8.26. The number of phenolic OH excluding ortho intramolecular Hbond substituents is 1. The van der Waals surface area contributed by atoms with Gasteiger partial charge in [0.2, 0.25) is 0 Å². The molecule has 2 amide bonds. The van der Waals surface area contributed by atoms with Gasteiger partial charge in [0.1, 0.15) is 22.9 Å². The average molecular weight is 575 g/mol. The molecule has 5 aromatic rings. The molecule has 9 heteroatoms. The number of anilines is 2. The molecule has 0 fully saturated rings. The van der Waals surface area contributed by atoms with E-state index >= 15 is 0 Å². The minimum absolute atomic E-state index is 0.0560. The molecule has 0 aromatic heterocycles. The van der Waals surface area contributed by atoms with E-state index in [1.54, 1.807) is 72.8 Å². The first-order valence-corrected chi connectivity index (χ1v) is 13.8. The van der Waals surface area contributed by atoms with Crippen molar-refractivity contribution >= 4 is 45.3 Å². The van der Waals surface area contributed by atoms with Gasteiger partial charge in [-0.25, -0.2) is 0 Å². The summed E-state index contributed by atoms with van der Waals surface area (Å²) in [5, 5.41) is 27.0. The highest BCUT2D eigenvalue weighted by Gasteiger charge is 2.20. The Kier molecular flexibility index (Phi) is 8.92. The van der Waals surface area contributed by atoms with Crippen molar-refractivity contribution in [3.05, 3.63) is 114 Å².